The van der Waals surface area contributed by atoms with Gasteiger partial charge < -0.3 is 5.32 Å². The first-order valence-electron chi connectivity index (χ1n) is 10.6. The predicted molar refractivity (Wildman–Crippen MR) is 133 cm³/mol. The van der Waals surface area contributed by atoms with Gasteiger partial charge in [0.15, 0.2) is 0 Å². The molecule has 4 aromatic rings. The monoisotopic (exact) mass is 493 g/mol. The molecule has 0 fully saturated rings. The van der Waals surface area contributed by atoms with Crippen molar-refractivity contribution in [2.75, 3.05) is 10.0 Å². The molecule has 180 valence electrons. The van der Waals surface area contributed by atoms with Crippen molar-refractivity contribution in [3.8, 4) is 5.69 Å². The van der Waals surface area contributed by atoms with Crippen molar-refractivity contribution >= 4 is 27.1 Å². The van der Waals surface area contributed by atoms with Gasteiger partial charge in [0.25, 0.3) is 21.3 Å². The quantitative estimate of drug-likeness (QED) is 0.284. The van der Waals surface area contributed by atoms with E-state index in [-0.39, 0.29) is 16.3 Å². The zero-order chi connectivity index (χ0) is 25.2. The first-order chi connectivity index (χ1) is 16.7. The molecule has 2 N–H and O–H groups in total. The third-order valence-corrected chi connectivity index (χ3v) is 6.94. The average Bonchev–Trinajstić information content (AvgIpc) is 3.06. The molecule has 0 saturated carbocycles. The molecule has 0 aliphatic heterocycles. The summed E-state index contributed by atoms with van der Waals surface area (Å²) < 4.78 is 31.4. The SMILES string of the molecule is Cc1c(NS(=O)(=O)c2ccc(NCc3ccccc3)c([N+](=O)[O-])c2)c(=O)n(-c2ccccc2)n1C. The lowest BCUT2D eigenvalue weighted by atomic mass is 10.2. The molecule has 0 atom stereocenters. The number of nitro benzene ring substituents is 1. The van der Waals surface area contributed by atoms with E-state index in [1.54, 1.807) is 44.3 Å². The summed E-state index contributed by atoms with van der Waals surface area (Å²) in [6, 6.07) is 21.7. The summed E-state index contributed by atoms with van der Waals surface area (Å²) in [6.07, 6.45) is 0. The van der Waals surface area contributed by atoms with E-state index in [1.165, 1.54) is 21.5 Å². The minimum absolute atomic E-state index is 0.134. The first kappa shape index (κ1) is 23.8. The molecule has 0 amide bonds. The van der Waals surface area contributed by atoms with Gasteiger partial charge in [0.1, 0.15) is 11.4 Å². The zero-order valence-corrected chi connectivity index (χ0v) is 19.8. The fraction of sp³-hybridized carbons (Fsp3) is 0.125. The van der Waals surface area contributed by atoms with Crippen LogP contribution in [0.15, 0.2) is 88.6 Å². The van der Waals surface area contributed by atoms with Crippen LogP contribution < -0.4 is 15.6 Å². The molecule has 0 aliphatic carbocycles. The highest BCUT2D eigenvalue weighted by Gasteiger charge is 2.25. The molecule has 0 saturated heterocycles. The number of aromatic nitrogens is 2. The Labute approximate surface area is 201 Å². The van der Waals surface area contributed by atoms with E-state index in [1.807, 2.05) is 30.3 Å². The van der Waals surface area contributed by atoms with Gasteiger partial charge in [0, 0.05) is 19.7 Å². The number of hydrogen-bond acceptors (Lipinski definition) is 6. The molecule has 11 heteroatoms. The molecule has 4 rings (SSSR count). The minimum atomic E-state index is -4.29. The second-order valence-corrected chi connectivity index (χ2v) is 9.50. The van der Waals surface area contributed by atoms with E-state index in [4.69, 9.17) is 0 Å². The van der Waals surface area contributed by atoms with Crippen LogP contribution in [0.25, 0.3) is 5.69 Å². The van der Waals surface area contributed by atoms with Crippen LogP contribution in [0, 0.1) is 17.0 Å². The second-order valence-electron chi connectivity index (χ2n) is 7.82. The van der Waals surface area contributed by atoms with Crippen LogP contribution in [-0.2, 0) is 23.6 Å². The van der Waals surface area contributed by atoms with E-state index in [9.17, 15) is 23.3 Å². The van der Waals surface area contributed by atoms with Crippen molar-refractivity contribution in [1.82, 2.24) is 9.36 Å². The summed E-state index contributed by atoms with van der Waals surface area (Å²) >= 11 is 0. The maximum atomic E-state index is 13.1. The summed E-state index contributed by atoms with van der Waals surface area (Å²) in [7, 11) is -2.65. The van der Waals surface area contributed by atoms with Gasteiger partial charge in [0.2, 0.25) is 0 Å². The lowest BCUT2D eigenvalue weighted by Gasteiger charge is -2.10. The van der Waals surface area contributed by atoms with E-state index >= 15 is 0 Å². The summed E-state index contributed by atoms with van der Waals surface area (Å²) in [6.45, 7) is 1.94. The number of anilines is 2. The van der Waals surface area contributed by atoms with Gasteiger partial charge in [-0.1, -0.05) is 48.5 Å². The number of sulfonamides is 1. The predicted octanol–water partition coefficient (Wildman–Crippen LogP) is 3.81. The maximum absolute atomic E-state index is 13.1. The van der Waals surface area contributed by atoms with Crippen LogP contribution in [-0.4, -0.2) is 22.7 Å². The highest BCUT2D eigenvalue weighted by molar-refractivity contribution is 7.92. The minimum Gasteiger partial charge on any atom is -0.375 e. The molecule has 0 radical (unpaired) electrons. The van der Waals surface area contributed by atoms with Gasteiger partial charge >= 0.3 is 0 Å². The van der Waals surface area contributed by atoms with Crippen LogP contribution in [0.1, 0.15) is 11.3 Å². The maximum Gasteiger partial charge on any atom is 0.296 e. The van der Waals surface area contributed by atoms with E-state index in [0.717, 1.165) is 11.6 Å². The lowest BCUT2D eigenvalue weighted by molar-refractivity contribution is -0.384. The van der Waals surface area contributed by atoms with Gasteiger partial charge in [-0.05, 0) is 36.8 Å². The molecular weight excluding hydrogens is 470 g/mol. The van der Waals surface area contributed by atoms with Gasteiger partial charge in [-0.25, -0.2) is 13.1 Å². The molecule has 10 nitrogen and oxygen atoms in total. The molecular formula is C24H23N5O5S. The fourth-order valence-electron chi connectivity index (χ4n) is 3.65. The smallest absolute Gasteiger partial charge is 0.296 e. The second kappa shape index (κ2) is 9.47. The fourth-order valence-corrected chi connectivity index (χ4v) is 4.79. The van der Waals surface area contributed by atoms with Crippen LogP contribution >= 0.6 is 0 Å². The van der Waals surface area contributed by atoms with Crippen molar-refractivity contribution in [3.63, 3.8) is 0 Å². The van der Waals surface area contributed by atoms with Gasteiger partial charge in [-0.2, -0.15) is 0 Å². The van der Waals surface area contributed by atoms with Crippen molar-refractivity contribution in [3.05, 3.63) is 111 Å². The normalized spacial score (nSPS) is 11.3. The molecule has 0 bridgehead atoms. The van der Waals surface area contributed by atoms with Crippen LogP contribution in [0.5, 0.6) is 0 Å². The van der Waals surface area contributed by atoms with Crippen LogP contribution in [0.3, 0.4) is 0 Å². The topological polar surface area (TPSA) is 128 Å². The Hall–Kier alpha value is -4.38. The Balaban J connectivity index is 1.66. The number of rotatable bonds is 8. The summed E-state index contributed by atoms with van der Waals surface area (Å²) in [5.74, 6) is 0. The van der Waals surface area contributed by atoms with E-state index in [0.29, 0.717) is 17.9 Å². The Morgan fingerprint density at radius 3 is 2.23 bits per heavy atom. The van der Waals surface area contributed by atoms with Crippen molar-refractivity contribution < 1.29 is 13.3 Å². The number of nitro groups is 1. The van der Waals surface area contributed by atoms with Crippen molar-refractivity contribution in [1.29, 1.82) is 0 Å². The van der Waals surface area contributed by atoms with E-state index < -0.39 is 26.2 Å². The zero-order valence-electron chi connectivity index (χ0n) is 19.0. The van der Waals surface area contributed by atoms with Crippen molar-refractivity contribution in [2.24, 2.45) is 7.05 Å². The van der Waals surface area contributed by atoms with Crippen LogP contribution in [0.2, 0.25) is 0 Å². The molecule has 0 aliphatic rings. The van der Waals surface area contributed by atoms with E-state index in [2.05, 4.69) is 10.0 Å². The third kappa shape index (κ3) is 4.80. The summed E-state index contributed by atoms with van der Waals surface area (Å²) in [5.41, 5.74) is 0.960. The van der Waals surface area contributed by atoms with Crippen LogP contribution in [0.4, 0.5) is 17.1 Å². The number of benzene rings is 3. The lowest BCUT2D eigenvalue weighted by Crippen LogP contribution is -2.23. The molecule has 1 aromatic heterocycles. The van der Waals surface area contributed by atoms with Gasteiger partial charge in [-0.3, -0.25) is 24.3 Å². The number of nitrogens with zero attached hydrogens (tertiary/aromatic N) is 3. The average molecular weight is 494 g/mol. The highest BCUT2D eigenvalue weighted by atomic mass is 32.2. The first-order valence-corrected chi connectivity index (χ1v) is 12.1. The Morgan fingerprint density at radius 2 is 1.60 bits per heavy atom. The molecule has 3 aromatic carbocycles. The Kier molecular flexibility index (Phi) is 6.43. The molecule has 0 spiro atoms. The summed E-state index contributed by atoms with van der Waals surface area (Å²) in [5, 5.41) is 14.7. The Morgan fingerprint density at radius 1 is 0.971 bits per heavy atom. The third-order valence-electron chi connectivity index (χ3n) is 5.59. The van der Waals surface area contributed by atoms with Crippen molar-refractivity contribution in [2.45, 2.75) is 18.4 Å². The molecule has 1 heterocycles. The largest absolute Gasteiger partial charge is 0.375 e. The summed E-state index contributed by atoms with van der Waals surface area (Å²) in [4.78, 5) is 23.8. The van der Waals surface area contributed by atoms with Gasteiger partial charge in [0.05, 0.1) is 21.2 Å². The number of hydrogen-bond donors (Lipinski definition) is 2. The van der Waals surface area contributed by atoms with Gasteiger partial charge in [-0.15, -0.1) is 0 Å². The highest BCUT2D eigenvalue weighted by Crippen LogP contribution is 2.29. The molecule has 0 unspecified atom stereocenters. The number of para-hydroxylation sites is 1. The molecule has 35 heavy (non-hydrogen) atoms. The standard InChI is InChI=1S/C24H23N5O5S/c1-17-23(24(30)28(27(17)2)19-11-7-4-8-12-19)26-35(33,34)20-13-14-21(22(15-20)29(31)32)25-16-18-9-5-3-6-10-18/h3-15,25-26H,16H2,1-2H3. The Bertz CT molecular complexity index is 1540. The number of nitrogens with one attached hydrogen (secondary N) is 2.